The molecule has 4 heteroatoms. The Labute approximate surface area is 158 Å². The quantitative estimate of drug-likeness (QED) is 0.688. The average molecular weight is 359 g/mol. The standard InChI is InChI=1S/C22H34N2O2/c1-4-5-16-23-20(26)22(14-10-7-11-15-22)24-19(25)17-21(2,3)18-12-8-6-9-13-18/h6,8-9,12-13H,4-5,7,10-11,14-17H2,1-3H3,(H,23,26)(H,24,25). The third-order valence-electron chi connectivity index (χ3n) is 5.49. The highest BCUT2D eigenvalue weighted by atomic mass is 16.2. The molecule has 0 unspecified atom stereocenters. The Kier molecular flexibility index (Phi) is 7.24. The van der Waals surface area contributed by atoms with Crippen LogP contribution in [0.4, 0.5) is 0 Å². The largest absolute Gasteiger partial charge is 0.354 e. The van der Waals surface area contributed by atoms with Crippen LogP contribution in [0.5, 0.6) is 0 Å². The van der Waals surface area contributed by atoms with Gasteiger partial charge in [-0.15, -0.1) is 0 Å². The molecule has 2 rings (SSSR count). The Bertz CT molecular complexity index is 589. The van der Waals surface area contributed by atoms with E-state index in [0.29, 0.717) is 13.0 Å². The highest BCUT2D eigenvalue weighted by molar-refractivity contribution is 5.91. The minimum atomic E-state index is -0.726. The molecule has 1 aromatic carbocycles. The van der Waals surface area contributed by atoms with E-state index in [2.05, 4.69) is 43.5 Å². The SMILES string of the molecule is CCCCNC(=O)C1(NC(=O)CC(C)(C)c2ccccc2)CCCCC1. The van der Waals surface area contributed by atoms with Gasteiger partial charge in [0.15, 0.2) is 0 Å². The molecule has 1 aliphatic rings. The summed E-state index contributed by atoms with van der Waals surface area (Å²) < 4.78 is 0. The number of amides is 2. The van der Waals surface area contributed by atoms with Gasteiger partial charge in [-0.05, 0) is 30.2 Å². The maximum atomic E-state index is 12.8. The summed E-state index contributed by atoms with van der Waals surface area (Å²) in [7, 11) is 0. The van der Waals surface area contributed by atoms with Crippen molar-refractivity contribution in [2.24, 2.45) is 0 Å². The van der Waals surface area contributed by atoms with Crippen molar-refractivity contribution in [2.45, 2.75) is 83.1 Å². The lowest BCUT2D eigenvalue weighted by atomic mass is 9.78. The van der Waals surface area contributed by atoms with Crippen LogP contribution in [-0.2, 0) is 15.0 Å². The van der Waals surface area contributed by atoms with Gasteiger partial charge in [-0.1, -0.05) is 76.8 Å². The molecule has 1 fully saturated rings. The number of hydrogen-bond donors (Lipinski definition) is 2. The van der Waals surface area contributed by atoms with Crippen LogP contribution < -0.4 is 10.6 Å². The summed E-state index contributed by atoms with van der Waals surface area (Å²) in [5.41, 5.74) is 0.149. The second-order valence-corrected chi connectivity index (χ2v) is 8.23. The summed E-state index contributed by atoms with van der Waals surface area (Å²) in [5, 5.41) is 6.17. The van der Waals surface area contributed by atoms with E-state index >= 15 is 0 Å². The first-order valence-corrected chi connectivity index (χ1v) is 10.0. The van der Waals surface area contributed by atoms with Gasteiger partial charge in [0.05, 0.1) is 0 Å². The van der Waals surface area contributed by atoms with Crippen LogP contribution in [0.15, 0.2) is 30.3 Å². The Hall–Kier alpha value is -1.84. The number of benzene rings is 1. The highest BCUT2D eigenvalue weighted by Gasteiger charge is 2.41. The first-order valence-electron chi connectivity index (χ1n) is 10.0. The lowest BCUT2D eigenvalue weighted by Gasteiger charge is -2.37. The maximum absolute atomic E-state index is 12.8. The summed E-state index contributed by atoms with van der Waals surface area (Å²) in [4.78, 5) is 25.7. The van der Waals surface area contributed by atoms with Crippen molar-refractivity contribution in [2.75, 3.05) is 6.54 Å². The minimum Gasteiger partial charge on any atom is -0.354 e. The molecule has 0 spiro atoms. The normalized spacial score (nSPS) is 16.7. The second-order valence-electron chi connectivity index (χ2n) is 8.23. The van der Waals surface area contributed by atoms with E-state index in [1.54, 1.807) is 0 Å². The summed E-state index contributed by atoms with van der Waals surface area (Å²) in [6.45, 7) is 6.95. The van der Waals surface area contributed by atoms with Crippen LogP contribution in [0, 0.1) is 0 Å². The molecule has 26 heavy (non-hydrogen) atoms. The summed E-state index contributed by atoms with van der Waals surface area (Å²) in [6.07, 6.45) is 6.98. The van der Waals surface area contributed by atoms with E-state index in [1.807, 2.05) is 18.2 Å². The predicted octanol–water partition coefficient (Wildman–Crippen LogP) is 4.09. The molecule has 1 saturated carbocycles. The summed E-state index contributed by atoms with van der Waals surface area (Å²) in [6, 6.07) is 10.1. The van der Waals surface area contributed by atoms with E-state index in [0.717, 1.165) is 50.5 Å². The number of carbonyl (C=O) groups excluding carboxylic acids is 2. The molecule has 0 radical (unpaired) electrons. The summed E-state index contributed by atoms with van der Waals surface area (Å²) >= 11 is 0. The molecule has 0 atom stereocenters. The summed E-state index contributed by atoms with van der Waals surface area (Å²) in [5.74, 6) is -0.0390. The van der Waals surface area contributed by atoms with Crippen molar-refractivity contribution in [3.8, 4) is 0 Å². The van der Waals surface area contributed by atoms with Gasteiger partial charge in [-0.2, -0.15) is 0 Å². The third-order valence-corrected chi connectivity index (χ3v) is 5.49. The van der Waals surface area contributed by atoms with Crippen LogP contribution in [0.1, 0.15) is 77.7 Å². The maximum Gasteiger partial charge on any atom is 0.245 e. The number of unbranched alkanes of at least 4 members (excludes halogenated alkanes) is 1. The minimum absolute atomic E-state index is 0.00322. The molecule has 2 N–H and O–H groups in total. The van der Waals surface area contributed by atoms with E-state index in [4.69, 9.17) is 0 Å². The van der Waals surface area contributed by atoms with Gasteiger partial charge in [0.25, 0.3) is 0 Å². The van der Waals surface area contributed by atoms with Crippen molar-refractivity contribution in [1.82, 2.24) is 10.6 Å². The zero-order valence-corrected chi connectivity index (χ0v) is 16.6. The fourth-order valence-corrected chi connectivity index (χ4v) is 3.82. The molecular weight excluding hydrogens is 324 g/mol. The fourth-order valence-electron chi connectivity index (χ4n) is 3.82. The van der Waals surface area contributed by atoms with Crippen molar-refractivity contribution < 1.29 is 9.59 Å². The topological polar surface area (TPSA) is 58.2 Å². The molecule has 1 aliphatic carbocycles. The molecule has 0 bridgehead atoms. The Morgan fingerprint density at radius 3 is 2.35 bits per heavy atom. The van der Waals surface area contributed by atoms with Gasteiger partial charge >= 0.3 is 0 Å². The average Bonchev–Trinajstić information content (AvgIpc) is 2.62. The fraction of sp³-hybridized carbons (Fsp3) is 0.636. The molecule has 1 aromatic rings. The Morgan fingerprint density at radius 1 is 1.08 bits per heavy atom. The van der Waals surface area contributed by atoms with E-state index in [1.165, 1.54) is 0 Å². The Balaban J connectivity index is 2.05. The van der Waals surface area contributed by atoms with Gasteiger partial charge in [0, 0.05) is 13.0 Å². The van der Waals surface area contributed by atoms with E-state index in [9.17, 15) is 9.59 Å². The smallest absolute Gasteiger partial charge is 0.245 e. The van der Waals surface area contributed by atoms with Gasteiger partial charge in [0.1, 0.15) is 5.54 Å². The zero-order chi connectivity index (χ0) is 19.0. The van der Waals surface area contributed by atoms with Gasteiger partial charge in [0.2, 0.25) is 11.8 Å². The van der Waals surface area contributed by atoms with Crippen LogP contribution in [-0.4, -0.2) is 23.9 Å². The van der Waals surface area contributed by atoms with Crippen molar-refractivity contribution in [3.05, 3.63) is 35.9 Å². The van der Waals surface area contributed by atoms with E-state index < -0.39 is 5.54 Å². The molecule has 2 amide bonds. The highest BCUT2D eigenvalue weighted by Crippen LogP contribution is 2.31. The van der Waals surface area contributed by atoms with Crippen molar-refractivity contribution in [1.29, 1.82) is 0 Å². The van der Waals surface area contributed by atoms with Gasteiger partial charge in [-0.25, -0.2) is 0 Å². The van der Waals surface area contributed by atoms with Gasteiger partial charge in [-0.3, -0.25) is 9.59 Å². The predicted molar refractivity (Wildman–Crippen MR) is 106 cm³/mol. The van der Waals surface area contributed by atoms with Crippen LogP contribution in [0.25, 0.3) is 0 Å². The number of hydrogen-bond acceptors (Lipinski definition) is 2. The molecule has 144 valence electrons. The molecule has 0 saturated heterocycles. The molecular formula is C22H34N2O2. The lowest BCUT2D eigenvalue weighted by Crippen LogP contribution is -2.60. The van der Waals surface area contributed by atoms with Gasteiger partial charge < -0.3 is 10.6 Å². The number of nitrogens with one attached hydrogen (secondary N) is 2. The molecule has 0 aliphatic heterocycles. The second kappa shape index (κ2) is 9.20. The number of carbonyl (C=O) groups is 2. The van der Waals surface area contributed by atoms with Crippen LogP contribution in [0.3, 0.4) is 0 Å². The Morgan fingerprint density at radius 2 is 1.73 bits per heavy atom. The number of rotatable bonds is 8. The third kappa shape index (κ3) is 5.33. The van der Waals surface area contributed by atoms with E-state index in [-0.39, 0.29) is 17.2 Å². The molecule has 0 aromatic heterocycles. The first kappa shape index (κ1) is 20.5. The molecule has 0 heterocycles. The van der Waals surface area contributed by atoms with Crippen LogP contribution >= 0.6 is 0 Å². The monoisotopic (exact) mass is 358 g/mol. The van der Waals surface area contributed by atoms with Crippen molar-refractivity contribution >= 4 is 11.8 Å². The van der Waals surface area contributed by atoms with Crippen LogP contribution in [0.2, 0.25) is 0 Å². The lowest BCUT2D eigenvalue weighted by molar-refractivity contribution is -0.135. The first-order chi connectivity index (χ1) is 12.4. The van der Waals surface area contributed by atoms with Crippen molar-refractivity contribution in [3.63, 3.8) is 0 Å². The zero-order valence-electron chi connectivity index (χ0n) is 16.6. The molecule has 4 nitrogen and oxygen atoms in total.